The van der Waals surface area contributed by atoms with Crippen LogP contribution in [0.4, 0.5) is 0 Å². The third-order valence-electron chi connectivity index (χ3n) is 3.50. The van der Waals surface area contributed by atoms with E-state index in [2.05, 4.69) is 16.8 Å². The van der Waals surface area contributed by atoms with Crippen molar-refractivity contribution in [3.63, 3.8) is 0 Å². The van der Waals surface area contributed by atoms with Gasteiger partial charge in [-0.25, -0.2) is 0 Å². The monoisotopic (exact) mass is 298 g/mol. The lowest BCUT2D eigenvalue weighted by molar-refractivity contribution is -0.117. The van der Waals surface area contributed by atoms with E-state index in [1.807, 2.05) is 32.1 Å². The number of amides is 1. The first kappa shape index (κ1) is 17.5. The lowest BCUT2D eigenvalue weighted by Gasteiger charge is -2.09. The van der Waals surface area contributed by atoms with Crippen LogP contribution < -0.4 is 5.32 Å². The van der Waals surface area contributed by atoms with Gasteiger partial charge in [0.05, 0.1) is 12.5 Å². The second-order valence-corrected chi connectivity index (χ2v) is 5.38. The Morgan fingerprint density at radius 3 is 2.68 bits per heavy atom. The maximum Gasteiger partial charge on any atom is 0.262 e. The van der Waals surface area contributed by atoms with E-state index in [4.69, 9.17) is 5.26 Å². The summed E-state index contributed by atoms with van der Waals surface area (Å²) >= 11 is 0. The average molecular weight is 298 g/mol. The highest BCUT2D eigenvalue weighted by Gasteiger charge is 2.14. The zero-order chi connectivity index (χ0) is 16.7. The summed E-state index contributed by atoms with van der Waals surface area (Å²) in [4.78, 5) is 12.1. The fourth-order valence-electron chi connectivity index (χ4n) is 2.34. The highest BCUT2D eigenvalue weighted by molar-refractivity contribution is 6.02. The minimum absolute atomic E-state index is 0.0570. The van der Waals surface area contributed by atoms with Gasteiger partial charge in [-0.2, -0.15) is 10.5 Å². The zero-order valence-electron chi connectivity index (χ0n) is 13.6. The number of hydrogen-bond acceptors (Lipinski definition) is 3. The van der Waals surface area contributed by atoms with E-state index >= 15 is 0 Å². The molecule has 0 saturated heterocycles. The molecule has 1 aromatic heterocycles. The third-order valence-corrected chi connectivity index (χ3v) is 3.50. The van der Waals surface area contributed by atoms with Gasteiger partial charge in [0.1, 0.15) is 11.6 Å². The first-order chi connectivity index (χ1) is 10.4. The molecule has 5 heteroatoms. The minimum Gasteiger partial charge on any atom is -0.349 e. The molecule has 1 heterocycles. The van der Waals surface area contributed by atoms with Gasteiger partial charge >= 0.3 is 0 Å². The molecule has 1 unspecified atom stereocenters. The number of carbonyl (C=O) groups excluding carboxylic acids is 1. The van der Waals surface area contributed by atoms with Gasteiger partial charge < -0.3 is 9.88 Å². The van der Waals surface area contributed by atoms with Crippen molar-refractivity contribution in [2.24, 2.45) is 0 Å². The lowest BCUT2D eigenvalue weighted by atomic mass is 10.1. The van der Waals surface area contributed by atoms with Gasteiger partial charge in [0.2, 0.25) is 0 Å². The molecular weight excluding hydrogens is 276 g/mol. The summed E-state index contributed by atoms with van der Waals surface area (Å²) in [6.07, 6.45) is 2.86. The van der Waals surface area contributed by atoms with Crippen molar-refractivity contribution in [1.29, 1.82) is 10.5 Å². The average Bonchev–Trinajstić information content (AvgIpc) is 2.72. The smallest absolute Gasteiger partial charge is 0.262 e. The molecule has 0 fully saturated rings. The highest BCUT2D eigenvalue weighted by atomic mass is 16.1. The first-order valence-electron chi connectivity index (χ1n) is 7.40. The van der Waals surface area contributed by atoms with Gasteiger partial charge in [-0.3, -0.25) is 4.79 Å². The van der Waals surface area contributed by atoms with Crippen LogP contribution in [0.1, 0.15) is 43.6 Å². The fourth-order valence-corrected chi connectivity index (χ4v) is 2.34. The Morgan fingerprint density at radius 1 is 1.45 bits per heavy atom. The van der Waals surface area contributed by atoms with E-state index in [-0.39, 0.29) is 18.0 Å². The molecule has 0 radical (unpaired) electrons. The van der Waals surface area contributed by atoms with Crippen LogP contribution in [-0.2, 0) is 11.3 Å². The van der Waals surface area contributed by atoms with Crippen molar-refractivity contribution in [1.82, 2.24) is 9.88 Å². The highest BCUT2D eigenvalue weighted by Crippen LogP contribution is 2.18. The van der Waals surface area contributed by atoms with Gasteiger partial charge in [-0.15, -0.1) is 0 Å². The zero-order valence-corrected chi connectivity index (χ0v) is 13.6. The topological polar surface area (TPSA) is 81.6 Å². The summed E-state index contributed by atoms with van der Waals surface area (Å²) in [5.41, 5.74) is 3.10. The van der Waals surface area contributed by atoms with E-state index in [0.717, 1.165) is 29.9 Å². The maximum atomic E-state index is 12.1. The van der Waals surface area contributed by atoms with E-state index in [9.17, 15) is 10.1 Å². The number of nitrogens with one attached hydrogen (secondary N) is 1. The van der Waals surface area contributed by atoms with Crippen LogP contribution in [0, 0.1) is 36.5 Å². The molecule has 116 valence electrons. The third kappa shape index (κ3) is 4.23. The van der Waals surface area contributed by atoms with Crippen molar-refractivity contribution in [2.45, 2.75) is 53.1 Å². The largest absolute Gasteiger partial charge is 0.349 e. The first-order valence-corrected chi connectivity index (χ1v) is 7.40. The standard InChI is InChI=1S/C17H22N4O/c1-5-8-21-13(3)9-15(14(21)4)10-16(11-19)17(22)20-12(2)6-7-18/h9-10,12H,5-6,8H2,1-4H3,(H,20,22). The van der Waals surface area contributed by atoms with E-state index in [1.54, 1.807) is 13.0 Å². The normalized spacial score (nSPS) is 12.4. The Kier molecular flexibility index (Phi) is 6.41. The SMILES string of the molecule is CCCn1c(C)cc(C=C(C#N)C(=O)NC(C)CC#N)c1C. The fraction of sp³-hybridized carbons (Fsp3) is 0.471. The minimum atomic E-state index is -0.439. The van der Waals surface area contributed by atoms with Crippen molar-refractivity contribution < 1.29 is 4.79 Å². The predicted octanol–water partition coefficient (Wildman–Crippen LogP) is 2.84. The Balaban J connectivity index is 3.03. The Hall–Kier alpha value is -2.53. The summed E-state index contributed by atoms with van der Waals surface area (Å²) < 4.78 is 2.18. The summed E-state index contributed by atoms with van der Waals surface area (Å²) in [6, 6.07) is 5.64. The molecule has 0 aliphatic carbocycles. The second-order valence-electron chi connectivity index (χ2n) is 5.38. The van der Waals surface area contributed by atoms with Crippen LogP contribution in [0.5, 0.6) is 0 Å². The van der Waals surface area contributed by atoms with E-state index in [1.165, 1.54) is 0 Å². The molecule has 22 heavy (non-hydrogen) atoms. The molecule has 0 spiro atoms. The summed E-state index contributed by atoms with van der Waals surface area (Å²) in [5.74, 6) is -0.439. The van der Waals surface area contributed by atoms with Crippen molar-refractivity contribution in [3.05, 3.63) is 28.6 Å². The number of carbonyl (C=O) groups is 1. The van der Waals surface area contributed by atoms with Crippen LogP contribution in [0.3, 0.4) is 0 Å². The van der Waals surface area contributed by atoms with Gasteiger partial charge in [-0.05, 0) is 44.9 Å². The molecule has 1 aromatic rings. The van der Waals surface area contributed by atoms with Crippen molar-refractivity contribution in [3.8, 4) is 12.1 Å². The Bertz CT molecular complexity index is 655. The predicted molar refractivity (Wildman–Crippen MR) is 85.6 cm³/mol. The van der Waals surface area contributed by atoms with Crippen LogP contribution in [0.25, 0.3) is 6.08 Å². The molecular formula is C17H22N4O. The van der Waals surface area contributed by atoms with Crippen LogP contribution in [0.2, 0.25) is 0 Å². The van der Waals surface area contributed by atoms with E-state index in [0.29, 0.717) is 0 Å². The van der Waals surface area contributed by atoms with Crippen molar-refractivity contribution >= 4 is 12.0 Å². The van der Waals surface area contributed by atoms with E-state index < -0.39 is 5.91 Å². The summed E-state index contributed by atoms with van der Waals surface area (Å²) in [7, 11) is 0. The Labute approximate surface area is 131 Å². The number of aryl methyl sites for hydroxylation is 1. The summed E-state index contributed by atoms with van der Waals surface area (Å²) in [6.45, 7) is 8.77. The molecule has 0 saturated carbocycles. The number of nitrogens with zero attached hydrogens (tertiary/aromatic N) is 3. The van der Waals surface area contributed by atoms with Crippen LogP contribution >= 0.6 is 0 Å². The summed E-state index contributed by atoms with van der Waals surface area (Å²) in [5, 5.41) is 20.5. The number of nitriles is 2. The molecule has 1 rings (SSSR count). The molecule has 0 aliphatic rings. The number of aromatic nitrogens is 1. The molecule has 1 N–H and O–H groups in total. The molecule has 0 aliphatic heterocycles. The molecule has 0 bridgehead atoms. The lowest BCUT2D eigenvalue weighted by Crippen LogP contribution is -2.33. The van der Waals surface area contributed by atoms with Crippen LogP contribution in [-0.4, -0.2) is 16.5 Å². The molecule has 1 amide bonds. The number of rotatable bonds is 6. The van der Waals surface area contributed by atoms with Gasteiger partial charge in [0.25, 0.3) is 5.91 Å². The maximum absolute atomic E-state index is 12.1. The quantitative estimate of drug-likeness (QED) is 0.647. The molecule has 0 aromatic carbocycles. The van der Waals surface area contributed by atoms with Gasteiger partial charge in [-0.1, -0.05) is 6.92 Å². The molecule has 1 atom stereocenters. The second kappa shape index (κ2) is 8.05. The van der Waals surface area contributed by atoms with Crippen LogP contribution in [0.15, 0.2) is 11.6 Å². The number of hydrogen-bond donors (Lipinski definition) is 1. The van der Waals surface area contributed by atoms with Gasteiger partial charge in [0, 0.05) is 24.0 Å². The van der Waals surface area contributed by atoms with Gasteiger partial charge in [0.15, 0.2) is 0 Å². The van der Waals surface area contributed by atoms with Crippen molar-refractivity contribution in [2.75, 3.05) is 0 Å². The molecule has 5 nitrogen and oxygen atoms in total. The Morgan fingerprint density at radius 2 is 2.14 bits per heavy atom.